The summed E-state index contributed by atoms with van der Waals surface area (Å²) in [6, 6.07) is 4.84. The molecule has 0 unspecified atom stereocenters. The van der Waals surface area contributed by atoms with Crippen molar-refractivity contribution in [1.29, 1.82) is 0 Å². The van der Waals surface area contributed by atoms with Gasteiger partial charge in [-0.05, 0) is 32.9 Å². The van der Waals surface area contributed by atoms with Crippen molar-refractivity contribution in [2.24, 2.45) is 0 Å². The van der Waals surface area contributed by atoms with Gasteiger partial charge in [-0.2, -0.15) is 5.10 Å². The molecule has 1 aromatic carbocycles. The van der Waals surface area contributed by atoms with E-state index in [1.807, 2.05) is 20.8 Å². The molecule has 8 heteroatoms. The van der Waals surface area contributed by atoms with Crippen LogP contribution < -0.4 is 15.0 Å². The first kappa shape index (κ1) is 19.8. The molecule has 0 aliphatic rings. The molecular weight excluding hydrogens is 360 g/mol. The summed E-state index contributed by atoms with van der Waals surface area (Å²) in [6.45, 7) is 5.65. The molecule has 0 bridgehead atoms. The number of benzene rings is 1. The lowest BCUT2D eigenvalue weighted by Crippen LogP contribution is -2.36. The van der Waals surface area contributed by atoms with Gasteiger partial charge in [-0.15, -0.1) is 0 Å². The Labute approximate surface area is 156 Å². The molecule has 1 aromatic heterocycles. The summed E-state index contributed by atoms with van der Waals surface area (Å²) in [4.78, 5) is 23.9. The number of halogens is 1. The first-order chi connectivity index (χ1) is 12.2. The third-order valence-electron chi connectivity index (χ3n) is 3.61. The van der Waals surface area contributed by atoms with E-state index in [-0.39, 0.29) is 17.4 Å². The van der Waals surface area contributed by atoms with Gasteiger partial charge in [0, 0.05) is 5.56 Å². The Balaban J connectivity index is 2.25. The molecule has 1 heterocycles. The minimum Gasteiger partial charge on any atom is -0.496 e. The lowest BCUT2D eigenvalue weighted by Gasteiger charge is -2.21. The molecule has 0 spiro atoms. The zero-order valence-electron chi connectivity index (χ0n) is 15.3. The van der Waals surface area contributed by atoms with Gasteiger partial charge >= 0.3 is 5.97 Å². The fraction of sp³-hybridized carbons (Fsp3) is 0.389. The number of carbonyl (C=O) groups is 1. The number of methoxy groups -OCH3 is 2. The van der Waals surface area contributed by atoms with Crippen molar-refractivity contribution in [3.8, 4) is 11.5 Å². The largest absolute Gasteiger partial charge is 0.496 e. The van der Waals surface area contributed by atoms with Crippen LogP contribution in [0.1, 0.15) is 36.7 Å². The Morgan fingerprint density at radius 2 is 1.92 bits per heavy atom. The van der Waals surface area contributed by atoms with E-state index >= 15 is 0 Å². The Bertz CT molecular complexity index is 871. The number of rotatable bonds is 5. The van der Waals surface area contributed by atoms with Crippen LogP contribution in [0.15, 0.2) is 29.2 Å². The van der Waals surface area contributed by atoms with Crippen LogP contribution in [-0.2, 0) is 16.9 Å². The molecule has 0 saturated carbocycles. The van der Waals surface area contributed by atoms with E-state index in [1.54, 1.807) is 18.2 Å². The monoisotopic (exact) mass is 380 g/mol. The summed E-state index contributed by atoms with van der Waals surface area (Å²) < 4.78 is 16.9. The summed E-state index contributed by atoms with van der Waals surface area (Å²) in [7, 11) is 2.79. The van der Waals surface area contributed by atoms with Crippen molar-refractivity contribution in [3.05, 3.63) is 50.9 Å². The van der Waals surface area contributed by atoms with E-state index in [0.717, 1.165) is 0 Å². The zero-order valence-corrected chi connectivity index (χ0v) is 16.1. The molecule has 0 amide bonds. The van der Waals surface area contributed by atoms with Gasteiger partial charge in [-0.25, -0.2) is 9.48 Å². The Hall–Kier alpha value is -2.54. The van der Waals surface area contributed by atoms with Crippen molar-refractivity contribution in [1.82, 2.24) is 9.78 Å². The third-order valence-corrected chi connectivity index (χ3v) is 3.96. The molecule has 26 heavy (non-hydrogen) atoms. The first-order valence-electron chi connectivity index (χ1n) is 7.85. The molecule has 0 N–H and O–H groups in total. The van der Waals surface area contributed by atoms with Gasteiger partial charge in [0.15, 0.2) is 10.8 Å². The average molecular weight is 381 g/mol. The van der Waals surface area contributed by atoms with Crippen molar-refractivity contribution in [2.45, 2.75) is 32.9 Å². The maximum absolute atomic E-state index is 12.3. The van der Waals surface area contributed by atoms with Gasteiger partial charge in [-0.3, -0.25) is 4.79 Å². The van der Waals surface area contributed by atoms with Crippen LogP contribution in [0.4, 0.5) is 0 Å². The fourth-order valence-electron chi connectivity index (χ4n) is 2.26. The molecule has 0 saturated heterocycles. The Morgan fingerprint density at radius 1 is 1.23 bits per heavy atom. The lowest BCUT2D eigenvalue weighted by molar-refractivity contribution is 0.0600. The minimum absolute atomic E-state index is 0.0416. The molecule has 0 atom stereocenters. The second-order valence-electron chi connectivity index (χ2n) is 6.52. The van der Waals surface area contributed by atoms with Gasteiger partial charge in [-0.1, -0.05) is 17.7 Å². The SMILES string of the molecule is COC(=O)c1ccc(COc2cnn(C(C)(C)C)c(=O)c2Cl)c(OC)c1. The van der Waals surface area contributed by atoms with Crippen molar-refractivity contribution >= 4 is 17.6 Å². The number of ether oxygens (including phenoxy) is 3. The maximum Gasteiger partial charge on any atom is 0.337 e. The number of nitrogens with zero attached hydrogens (tertiary/aromatic N) is 2. The highest BCUT2D eigenvalue weighted by Crippen LogP contribution is 2.25. The standard InChI is InChI=1S/C18H21ClN2O5/c1-18(2,3)21-16(22)15(19)14(9-20-21)26-10-12-7-6-11(17(23)25-5)8-13(12)24-4/h6-9H,10H2,1-5H3. The van der Waals surface area contributed by atoms with E-state index < -0.39 is 17.1 Å². The van der Waals surface area contributed by atoms with Crippen LogP contribution in [-0.4, -0.2) is 30.0 Å². The lowest BCUT2D eigenvalue weighted by atomic mass is 10.1. The van der Waals surface area contributed by atoms with Crippen LogP contribution in [0.25, 0.3) is 0 Å². The van der Waals surface area contributed by atoms with E-state index in [9.17, 15) is 9.59 Å². The quantitative estimate of drug-likeness (QED) is 0.742. The van der Waals surface area contributed by atoms with Gasteiger partial charge in [0.25, 0.3) is 5.56 Å². The van der Waals surface area contributed by atoms with Crippen molar-refractivity contribution in [2.75, 3.05) is 14.2 Å². The summed E-state index contributed by atoms with van der Waals surface area (Å²) in [6.07, 6.45) is 1.41. The second kappa shape index (κ2) is 7.78. The number of carbonyl (C=O) groups excluding carboxylic acids is 1. The topological polar surface area (TPSA) is 79.7 Å². The molecule has 7 nitrogen and oxygen atoms in total. The van der Waals surface area contributed by atoms with Crippen LogP contribution in [0.5, 0.6) is 11.5 Å². The highest BCUT2D eigenvalue weighted by atomic mass is 35.5. The maximum atomic E-state index is 12.3. The Kier molecular flexibility index (Phi) is 5.92. The predicted molar refractivity (Wildman–Crippen MR) is 97.2 cm³/mol. The number of hydrogen-bond acceptors (Lipinski definition) is 6. The molecule has 0 radical (unpaired) electrons. The summed E-state index contributed by atoms with van der Waals surface area (Å²) in [5.74, 6) is 0.171. The van der Waals surface area contributed by atoms with Crippen molar-refractivity contribution in [3.63, 3.8) is 0 Å². The van der Waals surface area contributed by atoms with Crippen LogP contribution in [0.3, 0.4) is 0 Å². The van der Waals surface area contributed by atoms with Crippen LogP contribution in [0, 0.1) is 0 Å². The second-order valence-corrected chi connectivity index (χ2v) is 6.90. The normalized spacial score (nSPS) is 11.2. The van der Waals surface area contributed by atoms with Gasteiger partial charge in [0.05, 0.1) is 31.5 Å². The molecule has 0 aliphatic heterocycles. The summed E-state index contributed by atoms with van der Waals surface area (Å²) in [5.41, 5.74) is 0.119. The molecule has 0 aliphatic carbocycles. The first-order valence-corrected chi connectivity index (χ1v) is 8.23. The zero-order chi connectivity index (χ0) is 19.5. The van der Waals surface area contributed by atoms with Gasteiger partial charge in [0.2, 0.25) is 0 Å². The predicted octanol–water partition coefficient (Wildman–Crippen LogP) is 3.03. The van der Waals surface area contributed by atoms with Gasteiger partial charge < -0.3 is 14.2 Å². The molecular formula is C18H21ClN2O5. The molecule has 2 rings (SSSR count). The number of hydrogen-bond donors (Lipinski definition) is 0. The van der Waals surface area contributed by atoms with E-state index in [1.165, 1.54) is 25.1 Å². The summed E-state index contributed by atoms with van der Waals surface area (Å²) >= 11 is 6.14. The van der Waals surface area contributed by atoms with Crippen molar-refractivity contribution < 1.29 is 19.0 Å². The van der Waals surface area contributed by atoms with E-state index in [4.69, 9.17) is 21.1 Å². The molecule has 140 valence electrons. The van der Waals surface area contributed by atoms with Crippen LogP contribution in [0.2, 0.25) is 5.02 Å². The summed E-state index contributed by atoms with van der Waals surface area (Å²) in [5, 5.41) is 4.07. The molecule has 0 fully saturated rings. The number of esters is 1. The smallest absolute Gasteiger partial charge is 0.337 e. The highest BCUT2D eigenvalue weighted by Gasteiger charge is 2.20. The van der Waals surface area contributed by atoms with Crippen LogP contribution >= 0.6 is 11.6 Å². The minimum atomic E-state index is -0.494. The van der Waals surface area contributed by atoms with E-state index in [2.05, 4.69) is 9.84 Å². The molecule has 2 aromatic rings. The Morgan fingerprint density at radius 3 is 2.50 bits per heavy atom. The van der Waals surface area contributed by atoms with E-state index in [0.29, 0.717) is 16.9 Å². The van der Waals surface area contributed by atoms with Gasteiger partial charge in [0.1, 0.15) is 12.4 Å². The highest BCUT2D eigenvalue weighted by molar-refractivity contribution is 6.31. The third kappa shape index (κ3) is 4.16. The fourth-order valence-corrected chi connectivity index (χ4v) is 2.44. The average Bonchev–Trinajstić information content (AvgIpc) is 2.61. The number of aromatic nitrogens is 2.